The van der Waals surface area contributed by atoms with Gasteiger partial charge in [0, 0.05) is 29.6 Å². The van der Waals surface area contributed by atoms with Gasteiger partial charge in [0.1, 0.15) is 0 Å². The first-order chi connectivity index (χ1) is 13.6. The van der Waals surface area contributed by atoms with Gasteiger partial charge in [0.05, 0.1) is 21.3 Å². The highest BCUT2D eigenvalue weighted by molar-refractivity contribution is 6.05. The molecule has 0 saturated carbocycles. The molecule has 1 amide bonds. The molecule has 0 radical (unpaired) electrons. The summed E-state index contributed by atoms with van der Waals surface area (Å²) in [7, 11) is 4.55. The van der Waals surface area contributed by atoms with Crippen LogP contribution in [0.25, 0.3) is 0 Å². The van der Waals surface area contributed by atoms with E-state index in [0.717, 1.165) is 17.7 Å². The van der Waals surface area contributed by atoms with Gasteiger partial charge in [0.15, 0.2) is 11.5 Å². The number of rotatable bonds is 7. The summed E-state index contributed by atoms with van der Waals surface area (Å²) < 4.78 is 15.9. The van der Waals surface area contributed by atoms with Gasteiger partial charge in [-0.25, -0.2) is 0 Å². The molecule has 6 nitrogen and oxygen atoms in total. The Kier molecular flexibility index (Phi) is 6.11. The van der Waals surface area contributed by atoms with Crippen LogP contribution in [0.1, 0.15) is 21.6 Å². The monoisotopic (exact) mass is 378 g/mol. The molecular formula is C22H22N2O4. The van der Waals surface area contributed by atoms with Gasteiger partial charge >= 0.3 is 0 Å². The number of carbonyl (C=O) groups excluding carboxylic acids is 1. The van der Waals surface area contributed by atoms with E-state index in [1.165, 1.54) is 21.3 Å². The minimum absolute atomic E-state index is 0.267. The highest BCUT2D eigenvalue weighted by atomic mass is 16.5. The first-order valence-electron chi connectivity index (χ1n) is 8.74. The minimum atomic E-state index is -0.267. The van der Waals surface area contributed by atoms with E-state index in [0.29, 0.717) is 28.5 Å². The van der Waals surface area contributed by atoms with Gasteiger partial charge < -0.3 is 19.5 Å². The third-order valence-corrected chi connectivity index (χ3v) is 4.25. The van der Waals surface area contributed by atoms with Crippen LogP contribution in [0.5, 0.6) is 17.2 Å². The molecule has 0 aliphatic carbocycles. The first kappa shape index (κ1) is 19.2. The number of hydrogen-bond donors (Lipinski definition) is 1. The van der Waals surface area contributed by atoms with Crippen LogP contribution in [0.2, 0.25) is 0 Å². The highest BCUT2D eigenvalue weighted by Gasteiger charge is 2.17. The maximum absolute atomic E-state index is 12.7. The third kappa shape index (κ3) is 4.40. The Morgan fingerprint density at radius 2 is 1.61 bits per heavy atom. The number of hydrogen-bond acceptors (Lipinski definition) is 5. The fourth-order valence-electron chi connectivity index (χ4n) is 2.83. The molecule has 0 spiro atoms. The Bertz CT molecular complexity index is 916. The van der Waals surface area contributed by atoms with Crippen LogP contribution in [0.4, 0.5) is 5.69 Å². The zero-order valence-electron chi connectivity index (χ0n) is 16.1. The van der Waals surface area contributed by atoms with Crippen molar-refractivity contribution in [2.75, 3.05) is 26.6 Å². The predicted octanol–water partition coefficient (Wildman–Crippen LogP) is 3.95. The Balaban J connectivity index is 1.74. The number of pyridine rings is 1. The van der Waals surface area contributed by atoms with Crippen LogP contribution in [0.15, 0.2) is 60.8 Å². The summed E-state index contributed by atoms with van der Waals surface area (Å²) >= 11 is 0. The Labute approximate surface area is 164 Å². The summed E-state index contributed by atoms with van der Waals surface area (Å²) in [6.07, 6.45) is 2.52. The van der Waals surface area contributed by atoms with Gasteiger partial charge in [-0.15, -0.1) is 0 Å². The number of nitrogens with zero attached hydrogens (tertiary/aromatic N) is 1. The molecule has 0 fully saturated rings. The number of anilines is 1. The summed E-state index contributed by atoms with van der Waals surface area (Å²) in [5.74, 6) is 1.03. The van der Waals surface area contributed by atoms with Gasteiger partial charge in [0.25, 0.3) is 5.91 Å². The molecule has 28 heavy (non-hydrogen) atoms. The molecule has 0 saturated heterocycles. The van der Waals surface area contributed by atoms with Gasteiger partial charge in [-0.1, -0.05) is 18.2 Å². The van der Waals surface area contributed by atoms with Crippen LogP contribution >= 0.6 is 0 Å². The topological polar surface area (TPSA) is 69.7 Å². The van der Waals surface area contributed by atoms with E-state index in [4.69, 9.17) is 14.2 Å². The van der Waals surface area contributed by atoms with Crippen molar-refractivity contribution < 1.29 is 19.0 Å². The van der Waals surface area contributed by atoms with Crippen molar-refractivity contribution in [1.29, 1.82) is 0 Å². The Morgan fingerprint density at radius 1 is 0.929 bits per heavy atom. The smallest absolute Gasteiger partial charge is 0.255 e. The largest absolute Gasteiger partial charge is 0.493 e. The number of methoxy groups -OCH3 is 3. The maximum Gasteiger partial charge on any atom is 0.255 e. The van der Waals surface area contributed by atoms with Gasteiger partial charge in [-0.2, -0.15) is 0 Å². The fourth-order valence-corrected chi connectivity index (χ4v) is 2.83. The number of aromatic nitrogens is 1. The number of amides is 1. The lowest BCUT2D eigenvalue weighted by molar-refractivity contribution is 0.102. The van der Waals surface area contributed by atoms with Gasteiger partial charge in [0.2, 0.25) is 5.75 Å². The summed E-state index contributed by atoms with van der Waals surface area (Å²) in [5.41, 5.74) is 3.22. The second-order valence-electron chi connectivity index (χ2n) is 6.06. The van der Waals surface area contributed by atoms with Crippen molar-refractivity contribution in [1.82, 2.24) is 4.98 Å². The van der Waals surface area contributed by atoms with Gasteiger partial charge in [-0.05, 0) is 42.0 Å². The lowest BCUT2D eigenvalue weighted by Gasteiger charge is -2.14. The lowest BCUT2D eigenvalue weighted by atomic mass is 10.1. The quantitative estimate of drug-likeness (QED) is 0.674. The number of nitrogens with one attached hydrogen (secondary N) is 1. The standard InChI is InChI=1S/C22H22N2O4/c1-26-19-13-16(14-20(27-2)21(19)28-3)22(25)24-17-9-7-15(8-10-17)12-18-6-4-5-11-23-18/h4-11,13-14H,12H2,1-3H3,(H,24,25). The van der Waals surface area contributed by atoms with E-state index < -0.39 is 0 Å². The number of carbonyl (C=O) groups is 1. The molecule has 0 aliphatic heterocycles. The second-order valence-corrected chi connectivity index (χ2v) is 6.06. The molecule has 2 aromatic carbocycles. The molecule has 3 rings (SSSR count). The van der Waals surface area contributed by atoms with E-state index in [1.54, 1.807) is 18.3 Å². The van der Waals surface area contributed by atoms with E-state index in [2.05, 4.69) is 10.3 Å². The average molecular weight is 378 g/mol. The van der Waals surface area contributed by atoms with Crippen molar-refractivity contribution >= 4 is 11.6 Å². The first-order valence-corrected chi connectivity index (χ1v) is 8.74. The molecule has 1 heterocycles. The van der Waals surface area contributed by atoms with Crippen LogP contribution in [0.3, 0.4) is 0 Å². The molecule has 3 aromatic rings. The van der Waals surface area contributed by atoms with Crippen molar-refractivity contribution in [2.45, 2.75) is 6.42 Å². The zero-order chi connectivity index (χ0) is 19.9. The molecule has 0 atom stereocenters. The Hall–Kier alpha value is -3.54. The fraction of sp³-hybridized carbons (Fsp3) is 0.182. The van der Waals surface area contributed by atoms with Crippen LogP contribution in [-0.2, 0) is 6.42 Å². The van der Waals surface area contributed by atoms with E-state index in [-0.39, 0.29) is 5.91 Å². The van der Waals surface area contributed by atoms with E-state index in [1.807, 2.05) is 42.5 Å². The van der Waals surface area contributed by atoms with Crippen molar-refractivity contribution in [3.05, 3.63) is 77.6 Å². The molecule has 0 aliphatic rings. The average Bonchev–Trinajstić information content (AvgIpc) is 2.74. The minimum Gasteiger partial charge on any atom is -0.493 e. The summed E-state index contributed by atoms with van der Waals surface area (Å²) in [4.78, 5) is 17.0. The van der Waals surface area contributed by atoms with Crippen LogP contribution < -0.4 is 19.5 Å². The van der Waals surface area contributed by atoms with Crippen molar-refractivity contribution in [2.24, 2.45) is 0 Å². The molecule has 6 heteroatoms. The van der Waals surface area contributed by atoms with E-state index >= 15 is 0 Å². The molecule has 0 bridgehead atoms. The maximum atomic E-state index is 12.7. The molecule has 1 N–H and O–H groups in total. The molecular weight excluding hydrogens is 356 g/mol. The molecule has 0 unspecified atom stereocenters. The van der Waals surface area contributed by atoms with Gasteiger partial charge in [-0.3, -0.25) is 9.78 Å². The zero-order valence-corrected chi connectivity index (χ0v) is 16.1. The Morgan fingerprint density at radius 3 is 2.14 bits per heavy atom. The van der Waals surface area contributed by atoms with Crippen LogP contribution in [0, 0.1) is 0 Å². The lowest BCUT2D eigenvalue weighted by Crippen LogP contribution is -2.12. The normalized spacial score (nSPS) is 10.2. The predicted molar refractivity (Wildman–Crippen MR) is 108 cm³/mol. The van der Waals surface area contributed by atoms with Crippen LogP contribution in [-0.4, -0.2) is 32.2 Å². The van der Waals surface area contributed by atoms with Crippen molar-refractivity contribution in [3.63, 3.8) is 0 Å². The molecule has 144 valence electrons. The van der Waals surface area contributed by atoms with Crippen molar-refractivity contribution in [3.8, 4) is 17.2 Å². The number of ether oxygens (including phenoxy) is 3. The summed E-state index contributed by atoms with van der Waals surface area (Å²) in [5, 5.41) is 2.88. The third-order valence-electron chi connectivity index (χ3n) is 4.25. The highest BCUT2D eigenvalue weighted by Crippen LogP contribution is 2.38. The summed E-state index contributed by atoms with van der Waals surface area (Å²) in [6.45, 7) is 0. The molecule has 1 aromatic heterocycles. The summed E-state index contributed by atoms with van der Waals surface area (Å²) in [6, 6.07) is 16.8. The van der Waals surface area contributed by atoms with E-state index in [9.17, 15) is 4.79 Å². The number of benzene rings is 2. The second kappa shape index (κ2) is 8.90. The SMILES string of the molecule is COc1cc(C(=O)Nc2ccc(Cc3ccccn3)cc2)cc(OC)c1OC.